The molecule has 2 fully saturated rings. The van der Waals surface area contributed by atoms with Crippen molar-refractivity contribution in [1.82, 2.24) is 15.1 Å². The lowest BCUT2D eigenvalue weighted by atomic mass is 9.74. The van der Waals surface area contributed by atoms with Gasteiger partial charge in [-0.2, -0.15) is 0 Å². The van der Waals surface area contributed by atoms with Crippen LogP contribution in [0.4, 0.5) is 0 Å². The quantitative estimate of drug-likeness (QED) is 0.436. The highest BCUT2D eigenvalue weighted by atomic mass is 16.6. The highest BCUT2D eigenvalue weighted by molar-refractivity contribution is 5.99. The van der Waals surface area contributed by atoms with Crippen molar-refractivity contribution in [3.05, 3.63) is 60.2 Å². The van der Waals surface area contributed by atoms with Gasteiger partial charge in [0.25, 0.3) is 0 Å². The number of likely N-dealkylation sites (tertiary alicyclic amines) is 1. The van der Waals surface area contributed by atoms with Gasteiger partial charge in [-0.25, -0.2) is 0 Å². The van der Waals surface area contributed by atoms with E-state index in [4.69, 9.17) is 9.47 Å². The van der Waals surface area contributed by atoms with Gasteiger partial charge in [-0.15, -0.1) is 0 Å². The lowest BCUT2D eigenvalue weighted by molar-refractivity contribution is -0.158. The highest BCUT2D eigenvalue weighted by Gasteiger charge is 2.73. The summed E-state index contributed by atoms with van der Waals surface area (Å²) in [5.41, 5.74) is -0.420. The SMILES string of the molecule is C[C@@H]1CNC(=O)CC/C=C\CN(Cc2ccccc2)C(=O)[C@@H]2N(CCO)C(=O)[C@H]3[C@H](C(=O)O1)[C@@H]1C=C[C@]23O1. The molecule has 4 aliphatic heterocycles. The van der Waals surface area contributed by atoms with Gasteiger partial charge in [-0.1, -0.05) is 54.6 Å². The van der Waals surface area contributed by atoms with Crippen LogP contribution in [-0.2, 0) is 35.2 Å². The van der Waals surface area contributed by atoms with Crippen LogP contribution in [-0.4, -0.2) is 88.7 Å². The largest absolute Gasteiger partial charge is 0.460 e. The zero-order valence-corrected chi connectivity index (χ0v) is 21.3. The van der Waals surface area contributed by atoms with E-state index in [0.29, 0.717) is 13.0 Å². The van der Waals surface area contributed by atoms with Gasteiger partial charge in [0, 0.05) is 26.1 Å². The second-order valence-electron chi connectivity index (χ2n) is 10.2. The summed E-state index contributed by atoms with van der Waals surface area (Å²) in [6.45, 7) is 1.97. The highest BCUT2D eigenvalue weighted by Crippen LogP contribution is 2.55. The van der Waals surface area contributed by atoms with Crippen LogP contribution in [0.3, 0.4) is 0 Å². The van der Waals surface area contributed by atoms with Crippen molar-refractivity contribution in [2.45, 2.75) is 50.2 Å². The molecule has 0 unspecified atom stereocenters. The number of ether oxygens (including phenoxy) is 2. The molecule has 0 aromatic heterocycles. The predicted molar refractivity (Wildman–Crippen MR) is 135 cm³/mol. The first kappa shape index (κ1) is 26.1. The fraction of sp³-hybridized carbons (Fsp3) is 0.500. The number of aliphatic hydroxyl groups is 1. The molecule has 6 atom stereocenters. The average molecular weight is 524 g/mol. The third-order valence-corrected chi connectivity index (χ3v) is 7.68. The van der Waals surface area contributed by atoms with Gasteiger partial charge in [-0.3, -0.25) is 19.2 Å². The molecule has 10 heteroatoms. The minimum absolute atomic E-state index is 0.0609. The van der Waals surface area contributed by atoms with Crippen molar-refractivity contribution < 1.29 is 33.8 Å². The Hall–Kier alpha value is -3.50. The molecule has 202 valence electrons. The van der Waals surface area contributed by atoms with Gasteiger partial charge < -0.3 is 29.7 Å². The molecule has 5 rings (SSSR count). The maximum absolute atomic E-state index is 14.3. The van der Waals surface area contributed by atoms with Crippen LogP contribution in [0, 0.1) is 11.8 Å². The number of carbonyl (C=O) groups is 4. The number of carbonyl (C=O) groups excluding carboxylic acids is 4. The topological polar surface area (TPSA) is 125 Å². The van der Waals surface area contributed by atoms with Crippen LogP contribution in [0.1, 0.15) is 25.3 Å². The minimum atomic E-state index is -1.33. The predicted octanol–water partition coefficient (Wildman–Crippen LogP) is 0.556. The Balaban J connectivity index is 1.54. The third kappa shape index (κ3) is 4.63. The van der Waals surface area contributed by atoms with Crippen molar-refractivity contribution in [2.75, 3.05) is 26.2 Å². The smallest absolute Gasteiger partial charge is 0.313 e. The molecule has 1 aromatic rings. The first-order valence-corrected chi connectivity index (χ1v) is 13.1. The Morgan fingerprint density at radius 1 is 1.11 bits per heavy atom. The van der Waals surface area contributed by atoms with Crippen molar-refractivity contribution in [2.24, 2.45) is 11.8 Å². The standard InChI is InChI=1S/C28H33N3O7/c1-18-16-29-21(33)10-6-3-7-13-30(17-19-8-4-2-5-9-19)26(35)24-28-12-11-20(38-28)22(27(36)37-18)23(28)25(34)31(24)14-15-32/h2-5,7-9,11-12,18,20,22-24,32H,6,10,13-17H2,1H3,(H,29,33)/b7-3-/t18-,20+,22-,23-,24+,28-/m1/s1. The number of rotatable bonds is 4. The summed E-state index contributed by atoms with van der Waals surface area (Å²) in [5, 5.41) is 12.6. The van der Waals surface area contributed by atoms with E-state index >= 15 is 0 Å². The van der Waals surface area contributed by atoms with Crippen molar-refractivity contribution in [1.29, 1.82) is 0 Å². The maximum Gasteiger partial charge on any atom is 0.313 e. The summed E-state index contributed by atoms with van der Waals surface area (Å²) in [7, 11) is 0. The Bertz CT molecular complexity index is 1150. The average Bonchev–Trinajstić information content (AvgIpc) is 3.54. The fourth-order valence-corrected chi connectivity index (χ4v) is 5.97. The summed E-state index contributed by atoms with van der Waals surface area (Å²) >= 11 is 0. The molecule has 2 N–H and O–H groups in total. The number of aliphatic hydroxyl groups excluding tert-OH is 1. The van der Waals surface area contributed by atoms with E-state index < -0.39 is 47.6 Å². The first-order valence-electron chi connectivity index (χ1n) is 13.1. The molecule has 0 radical (unpaired) electrons. The summed E-state index contributed by atoms with van der Waals surface area (Å²) in [5.74, 6) is -3.40. The molecular formula is C28H33N3O7. The number of cyclic esters (lactones) is 1. The Labute approximate surface area is 221 Å². The number of hydrogen-bond acceptors (Lipinski definition) is 7. The van der Waals surface area contributed by atoms with Gasteiger partial charge in [0.2, 0.25) is 17.7 Å². The van der Waals surface area contributed by atoms with Crippen LogP contribution >= 0.6 is 0 Å². The number of amides is 3. The van der Waals surface area contributed by atoms with Crippen LogP contribution in [0.2, 0.25) is 0 Å². The minimum Gasteiger partial charge on any atom is -0.460 e. The summed E-state index contributed by atoms with van der Waals surface area (Å²) in [4.78, 5) is 56.6. The Morgan fingerprint density at radius 2 is 1.89 bits per heavy atom. The molecule has 4 heterocycles. The number of hydrogen-bond donors (Lipinski definition) is 2. The van der Waals surface area contributed by atoms with Gasteiger partial charge >= 0.3 is 5.97 Å². The van der Waals surface area contributed by atoms with Gasteiger partial charge in [-0.05, 0) is 18.9 Å². The van der Waals surface area contributed by atoms with E-state index in [1.807, 2.05) is 42.5 Å². The summed E-state index contributed by atoms with van der Waals surface area (Å²) < 4.78 is 11.9. The van der Waals surface area contributed by atoms with E-state index in [1.54, 1.807) is 24.0 Å². The van der Waals surface area contributed by atoms with Gasteiger partial charge in [0.15, 0.2) is 0 Å². The number of fused-ring (bicyclic) bond motifs is 2. The van der Waals surface area contributed by atoms with Crippen molar-refractivity contribution >= 4 is 23.7 Å². The third-order valence-electron chi connectivity index (χ3n) is 7.68. The molecule has 5 bridgehead atoms. The normalized spacial score (nSPS) is 34.3. The van der Waals surface area contributed by atoms with Crippen LogP contribution in [0.5, 0.6) is 0 Å². The summed E-state index contributed by atoms with van der Waals surface area (Å²) in [6.07, 6.45) is 6.58. The molecular weight excluding hydrogens is 490 g/mol. The van der Waals surface area contributed by atoms with Crippen LogP contribution in [0.25, 0.3) is 0 Å². The lowest BCUT2D eigenvalue weighted by Crippen LogP contribution is -2.56. The van der Waals surface area contributed by atoms with Crippen molar-refractivity contribution in [3.63, 3.8) is 0 Å². The van der Waals surface area contributed by atoms with Gasteiger partial charge in [0.05, 0.1) is 25.2 Å². The maximum atomic E-state index is 14.3. The van der Waals surface area contributed by atoms with E-state index in [0.717, 1.165) is 5.56 Å². The zero-order valence-electron chi connectivity index (χ0n) is 21.3. The molecule has 0 saturated carbocycles. The second kappa shape index (κ2) is 10.7. The zero-order chi connectivity index (χ0) is 26.9. The fourth-order valence-electron chi connectivity index (χ4n) is 5.97. The molecule has 10 nitrogen and oxygen atoms in total. The molecule has 3 amide bonds. The Morgan fingerprint density at radius 3 is 2.66 bits per heavy atom. The molecule has 1 aromatic carbocycles. The van der Waals surface area contributed by atoms with Crippen LogP contribution < -0.4 is 5.32 Å². The Kier molecular flexibility index (Phi) is 7.36. The van der Waals surface area contributed by atoms with E-state index in [2.05, 4.69) is 5.32 Å². The van der Waals surface area contributed by atoms with E-state index in [9.17, 15) is 24.3 Å². The molecule has 4 aliphatic rings. The second-order valence-corrected chi connectivity index (χ2v) is 10.2. The number of β-amino-alcohol motifs (C(OH)–C–C–N with tert-alkyl or cyclic N) is 1. The number of nitrogens with zero attached hydrogens (tertiary/aromatic N) is 2. The number of esters is 1. The van der Waals surface area contributed by atoms with Gasteiger partial charge in [0.1, 0.15) is 23.7 Å². The van der Waals surface area contributed by atoms with Crippen LogP contribution in [0.15, 0.2) is 54.6 Å². The van der Waals surface area contributed by atoms with E-state index in [-0.39, 0.29) is 44.5 Å². The van der Waals surface area contributed by atoms with E-state index in [1.165, 1.54) is 4.90 Å². The molecule has 1 spiro atoms. The number of nitrogens with one attached hydrogen (secondary N) is 1. The number of allylic oxidation sites excluding steroid dienone is 1. The lowest BCUT2D eigenvalue weighted by Gasteiger charge is -2.35. The monoisotopic (exact) mass is 523 g/mol. The molecule has 2 saturated heterocycles. The van der Waals surface area contributed by atoms with Crippen molar-refractivity contribution in [3.8, 4) is 0 Å². The first-order chi connectivity index (χ1) is 18.4. The summed E-state index contributed by atoms with van der Waals surface area (Å²) in [6, 6.07) is 8.47. The number of benzene rings is 1. The molecule has 0 aliphatic carbocycles. The molecule has 38 heavy (non-hydrogen) atoms.